The number of piperidine rings is 1. The second-order valence-electron chi connectivity index (χ2n) is 10.2. The van der Waals surface area contributed by atoms with Crippen LogP contribution in [0.4, 0.5) is 0 Å². The van der Waals surface area contributed by atoms with Crippen molar-refractivity contribution in [3.8, 4) is 40.1 Å². The Bertz CT molecular complexity index is 1530. The molecule has 2 aliphatic heterocycles. The molecule has 0 amide bonds. The molecule has 0 saturated carbocycles. The number of likely N-dealkylation sites (tertiary alicyclic amines) is 1. The number of furan rings is 1. The molecule has 0 spiro atoms. The van der Waals surface area contributed by atoms with E-state index < -0.39 is 6.23 Å². The van der Waals surface area contributed by atoms with E-state index in [9.17, 15) is 10.4 Å². The van der Waals surface area contributed by atoms with Gasteiger partial charge in [-0.1, -0.05) is 12.5 Å². The molecule has 1 aromatic carbocycles. The number of methoxy groups -OCH3 is 1. The number of fused-ring (bicyclic) bond motifs is 1. The van der Waals surface area contributed by atoms with Crippen molar-refractivity contribution in [2.24, 2.45) is 0 Å². The van der Waals surface area contributed by atoms with Gasteiger partial charge in [0.2, 0.25) is 0 Å². The molecule has 0 bridgehead atoms. The number of pyridine rings is 2. The van der Waals surface area contributed by atoms with E-state index in [4.69, 9.17) is 18.6 Å². The van der Waals surface area contributed by atoms with Crippen LogP contribution >= 0.6 is 0 Å². The number of aromatic nitrogens is 2. The summed E-state index contributed by atoms with van der Waals surface area (Å²) in [5, 5.41) is 20.8. The van der Waals surface area contributed by atoms with E-state index >= 15 is 0 Å². The summed E-state index contributed by atoms with van der Waals surface area (Å²) >= 11 is 0. The fourth-order valence-electron chi connectivity index (χ4n) is 5.46. The van der Waals surface area contributed by atoms with Crippen molar-refractivity contribution in [3.63, 3.8) is 0 Å². The third kappa shape index (κ3) is 5.26. The highest BCUT2D eigenvalue weighted by molar-refractivity contribution is 5.92. The number of aliphatic hydroxyl groups excluding tert-OH is 1. The van der Waals surface area contributed by atoms with Crippen LogP contribution in [0.1, 0.15) is 49.5 Å². The molecule has 6 rings (SSSR count). The standard InChI is InChI=1S/C31H32N4O5/c1-37-27-16-22(31(36)35-11-3-2-4-12-35)19-34-29(27)28-17-25-30(40-28)24(7-10-33-25)20-5-6-26(21(15-20)18-32)39-23-8-13-38-14-9-23/h5-7,10,15-17,19,23,31,36H,2-4,8-9,11-14H2,1H3. The van der Waals surface area contributed by atoms with Gasteiger partial charge in [-0.2, -0.15) is 5.26 Å². The minimum atomic E-state index is -0.729. The first-order valence-corrected chi connectivity index (χ1v) is 13.8. The lowest BCUT2D eigenvalue weighted by Gasteiger charge is -2.31. The summed E-state index contributed by atoms with van der Waals surface area (Å²) in [4.78, 5) is 11.2. The maximum Gasteiger partial charge on any atom is 0.161 e. The lowest BCUT2D eigenvalue weighted by Crippen LogP contribution is -2.33. The number of hydrogen-bond acceptors (Lipinski definition) is 9. The van der Waals surface area contributed by atoms with E-state index in [1.54, 1.807) is 19.5 Å². The normalized spacial score (nSPS) is 17.4. The zero-order valence-electron chi connectivity index (χ0n) is 22.5. The van der Waals surface area contributed by atoms with Crippen molar-refractivity contribution in [1.29, 1.82) is 5.26 Å². The minimum Gasteiger partial charge on any atom is -0.494 e. The van der Waals surface area contributed by atoms with Crippen molar-refractivity contribution in [2.45, 2.75) is 44.4 Å². The Balaban J connectivity index is 1.31. The molecule has 5 heterocycles. The van der Waals surface area contributed by atoms with Gasteiger partial charge in [0.25, 0.3) is 0 Å². The SMILES string of the molecule is COc1cc(C(O)N2CCCCC2)cnc1-c1cc2nccc(-c3ccc(OC4CCOCC4)c(C#N)c3)c2o1. The third-order valence-corrected chi connectivity index (χ3v) is 7.65. The van der Waals surface area contributed by atoms with Crippen LogP contribution in [0.2, 0.25) is 0 Å². The predicted molar refractivity (Wildman–Crippen MR) is 149 cm³/mol. The average molecular weight is 541 g/mol. The Morgan fingerprint density at radius 2 is 1.88 bits per heavy atom. The highest BCUT2D eigenvalue weighted by Gasteiger charge is 2.24. The van der Waals surface area contributed by atoms with Crippen molar-refractivity contribution < 1.29 is 23.7 Å². The zero-order valence-corrected chi connectivity index (χ0v) is 22.5. The summed E-state index contributed by atoms with van der Waals surface area (Å²) in [7, 11) is 1.58. The number of nitriles is 1. The Labute approximate surface area is 232 Å². The van der Waals surface area contributed by atoms with E-state index in [0.717, 1.165) is 49.9 Å². The quantitative estimate of drug-likeness (QED) is 0.326. The lowest BCUT2D eigenvalue weighted by molar-refractivity contribution is -0.0102. The maximum atomic E-state index is 10.9. The molecule has 3 aromatic heterocycles. The number of aliphatic hydroxyl groups is 1. The maximum absolute atomic E-state index is 10.9. The molecule has 1 N–H and O–H groups in total. The third-order valence-electron chi connectivity index (χ3n) is 7.65. The van der Waals surface area contributed by atoms with Crippen LogP contribution in [-0.2, 0) is 4.74 Å². The van der Waals surface area contributed by atoms with Crippen LogP contribution in [0.15, 0.2) is 53.2 Å². The van der Waals surface area contributed by atoms with Crippen LogP contribution < -0.4 is 9.47 Å². The molecule has 1 unspecified atom stereocenters. The van der Waals surface area contributed by atoms with Gasteiger partial charge in [0, 0.05) is 55.5 Å². The van der Waals surface area contributed by atoms with Crippen molar-refractivity contribution in [2.75, 3.05) is 33.4 Å². The van der Waals surface area contributed by atoms with Crippen LogP contribution in [0.5, 0.6) is 11.5 Å². The number of rotatable bonds is 7. The van der Waals surface area contributed by atoms with Gasteiger partial charge >= 0.3 is 0 Å². The van der Waals surface area contributed by atoms with Gasteiger partial charge in [0.15, 0.2) is 11.3 Å². The topological polar surface area (TPSA) is 114 Å². The van der Waals surface area contributed by atoms with Crippen molar-refractivity contribution in [1.82, 2.24) is 14.9 Å². The summed E-state index contributed by atoms with van der Waals surface area (Å²) in [6.07, 6.45) is 7.68. The zero-order chi connectivity index (χ0) is 27.5. The van der Waals surface area contributed by atoms with Gasteiger partial charge in [-0.05, 0) is 42.7 Å². The Hall–Kier alpha value is -3.97. The summed E-state index contributed by atoms with van der Waals surface area (Å²) in [5.41, 5.74) is 4.55. The van der Waals surface area contributed by atoms with Crippen LogP contribution in [-0.4, -0.2) is 59.5 Å². The number of nitrogens with zero attached hydrogens (tertiary/aromatic N) is 4. The molecular weight excluding hydrogens is 508 g/mol. The van der Waals surface area contributed by atoms with Gasteiger partial charge in [-0.15, -0.1) is 0 Å². The molecule has 206 valence electrons. The van der Waals surface area contributed by atoms with Gasteiger partial charge in [-0.3, -0.25) is 9.88 Å². The smallest absolute Gasteiger partial charge is 0.161 e. The fourth-order valence-corrected chi connectivity index (χ4v) is 5.46. The number of hydrogen-bond donors (Lipinski definition) is 1. The highest BCUT2D eigenvalue weighted by atomic mass is 16.5. The lowest BCUT2D eigenvalue weighted by atomic mass is 10.0. The molecule has 0 aliphatic carbocycles. The number of benzene rings is 1. The largest absolute Gasteiger partial charge is 0.494 e. The second-order valence-corrected chi connectivity index (χ2v) is 10.2. The summed E-state index contributed by atoms with van der Waals surface area (Å²) < 4.78 is 23.5. The van der Waals surface area contributed by atoms with E-state index in [1.165, 1.54) is 6.42 Å². The summed E-state index contributed by atoms with van der Waals surface area (Å²) in [6, 6.07) is 13.4. The van der Waals surface area contributed by atoms with E-state index in [1.807, 2.05) is 36.4 Å². The molecule has 0 radical (unpaired) electrons. The average Bonchev–Trinajstić information content (AvgIpc) is 3.46. The van der Waals surface area contributed by atoms with Gasteiger partial charge < -0.3 is 23.7 Å². The van der Waals surface area contributed by atoms with Gasteiger partial charge in [-0.25, -0.2) is 4.98 Å². The molecule has 4 aromatic rings. The molecule has 2 saturated heterocycles. The first-order chi connectivity index (χ1) is 19.6. The van der Waals surface area contributed by atoms with E-state index in [0.29, 0.717) is 58.4 Å². The van der Waals surface area contributed by atoms with Gasteiger partial charge in [0.05, 0.1) is 25.9 Å². The Kier molecular flexibility index (Phi) is 7.64. The predicted octanol–water partition coefficient (Wildman–Crippen LogP) is 5.47. The second kappa shape index (κ2) is 11.6. The van der Waals surface area contributed by atoms with Crippen LogP contribution in [0, 0.1) is 11.3 Å². The summed E-state index contributed by atoms with van der Waals surface area (Å²) in [6.45, 7) is 3.06. The molecule has 40 heavy (non-hydrogen) atoms. The van der Waals surface area contributed by atoms with E-state index in [2.05, 4.69) is 20.9 Å². The Morgan fingerprint density at radius 3 is 2.65 bits per heavy atom. The van der Waals surface area contributed by atoms with Crippen LogP contribution in [0.3, 0.4) is 0 Å². The Morgan fingerprint density at radius 1 is 1.05 bits per heavy atom. The molecule has 9 nitrogen and oxygen atoms in total. The fraction of sp³-hybridized carbons (Fsp3) is 0.387. The number of ether oxygens (including phenoxy) is 3. The molecule has 2 aliphatic rings. The molecule has 1 atom stereocenters. The minimum absolute atomic E-state index is 0.0433. The molecule has 9 heteroatoms. The highest BCUT2D eigenvalue weighted by Crippen LogP contribution is 2.38. The van der Waals surface area contributed by atoms with E-state index in [-0.39, 0.29) is 6.10 Å². The first kappa shape index (κ1) is 26.3. The molecule has 2 fully saturated rings. The first-order valence-electron chi connectivity index (χ1n) is 13.8. The summed E-state index contributed by atoms with van der Waals surface area (Å²) in [5.74, 6) is 1.59. The van der Waals surface area contributed by atoms with Crippen molar-refractivity contribution >= 4 is 11.1 Å². The van der Waals surface area contributed by atoms with Crippen molar-refractivity contribution in [3.05, 3.63) is 59.9 Å². The molecular formula is C31H32N4O5. The van der Waals surface area contributed by atoms with Gasteiger partial charge in [0.1, 0.15) is 41.1 Å². The monoisotopic (exact) mass is 540 g/mol. The van der Waals surface area contributed by atoms with Crippen LogP contribution in [0.25, 0.3) is 33.7 Å².